The Morgan fingerprint density at radius 1 is 1.17 bits per heavy atom. The molecule has 3 aromatic rings. The van der Waals surface area contributed by atoms with Crippen molar-refractivity contribution in [3.8, 4) is 0 Å². The van der Waals surface area contributed by atoms with Gasteiger partial charge < -0.3 is 15.0 Å². The van der Waals surface area contributed by atoms with Gasteiger partial charge in [0.25, 0.3) is 0 Å². The van der Waals surface area contributed by atoms with E-state index >= 15 is 0 Å². The lowest BCUT2D eigenvalue weighted by Crippen LogP contribution is -2.01. The molecule has 23 heavy (non-hydrogen) atoms. The zero-order chi connectivity index (χ0) is 16.2. The van der Waals surface area contributed by atoms with Crippen LogP contribution in [0.5, 0.6) is 0 Å². The topological polar surface area (TPSA) is 57.2 Å². The van der Waals surface area contributed by atoms with E-state index in [1.165, 1.54) is 12.7 Å². The van der Waals surface area contributed by atoms with Crippen LogP contribution in [0, 0.1) is 0 Å². The van der Waals surface area contributed by atoms with Gasteiger partial charge in [0.2, 0.25) is 0 Å². The number of anilines is 1. The van der Waals surface area contributed by atoms with Crippen LogP contribution in [0.3, 0.4) is 0 Å². The van der Waals surface area contributed by atoms with Crippen molar-refractivity contribution >= 4 is 22.6 Å². The highest BCUT2D eigenvalue weighted by Crippen LogP contribution is 2.25. The molecule has 1 aromatic heterocycles. The highest BCUT2D eigenvalue weighted by molar-refractivity contribution is 6.05. The molecule has 3 rings (SSSR count). The van der Waals surface area contributed by atoms with Crippen LogP contribution in [-0.4, -0.2) is 17.6 Å². The highest BCUT2D eigenvalue weighted by atomic mass is 16.5. The van der Waals surface area contributed by atoms with Crippen LogP contribution in [0.2, 0.25) is 0 Å². The molecule has 0 fully saturated rings. The third-order valence-electron chi connectivity index (χ3n) is 4.02. The van der Waals surface area contributed by atoms with Crippen LogP contribution in [0.15, 0.2) is 54.7 Å². The van der Waals surface area contributed by atoms with E-state index in [1.54, 1.807) is 0 Å². The summed E-state index contributed by atoms with van der Waals surface area (Å²) in [5, 5.41) is 0.844. The zero-order valence-corrected chi connectivity index (χ0v) is 13.2. The van der Waals surface area contributed by atoms with Gasteiger partial charge in [-0.05, 0) is 36.6 Å². The zero-order valence-electron chi connectivity index (χ0n) is 13.2. The summed E-state index contributed by atoms with van der Waals surface area (Å²) in [7, 11) is 1.40. The van der Waals surface area contributed by atoms with E-state index in [2.05, 4.69) is 28.8 Å². The molecule has 0 aliphatic heterocycles. The van der Waals surface area contributed by atoms with Crippen molar-refractivity contribution in [3.05, 3.63) is 65.9 Å². The average molecular weight is 308 g/mol. The lowest BCUT2D eigenvalue weighted by molar-refractivity contribution is 0.0602. The molecule has 0 bridgehead atoms. The number of benzene rings is 2. The largest absolute Gasteiger partial charge is 0.465 e. The third kappa shape index (κ3) is 3.21. The van der Waals surface area contributed by atoms with Gasteiger partial charge in [-0.25, -0.2) is 4.79 Å². The van der Waals surface area contributed by atoms with Gasteiger partial charge in [0, 0.05) is 29.3 Å². The van der Waals surface area contributed by atoms with E-state index in [-0.39, 0.29) is 5.97 Å². The number of aryl methyl sites for hydroxylation is 2. The Morgan fingerprint density at radius 3 is 2.70 bits per heavy atom. The second-order valence-corrected chi connectivity index (χ2v) is 5.59. The van der Waals surface area contributed by atoms with Crippen molar-refractivity contribution in [3.63, 3.8) is 0 Å². The first kappa shape index (κ1) is 15.2. The molecule has 0 aliphatic carbocycles. The molecule has 0 saturated heterocycles. The number of carbonyl (C=O) groups is 1. The number of carbonyl (C=O) groups excluding carboxylic acids is 1. The first-order valence-corrected chi connectivity index (χ1v) is 7.69. The predicted molar refractivity (Wildman–Crippen MR) is 92.5 cm³/mol. The maximum absolute atomic E-state index is 12.0. The van der Waals surface area contributed by atoms with Crippen molar-refractivity contribution in [1.29, 1.82) is 0 Å². The molecule has 4 nitrogen and oxygen atoms in total. The summed E-state index contributed by atoms with van der Waals surface area (Å²) >= 11 is 0. The summed E-state index contributed by atoms with van der Waals surface area (Å²) in [5.41, 5.74) is 9.39. The number of esters is 1. The Kier molecular flexibility index (Phi) is 4.33. The summed E-state index contributed by atoms with van der Waals surface area (Å²) in [6.45, 7) is 0.840. The molecule has 1 heterocycles. The van der Waals surface area contributed by atoms with E-state index < -0.39 is 0 Å². The number of nitrogens with zero attached hydrogens (tertiary/aromatic N) is 1. The molecule has 0 aliphatic rings. The summed E-state index contributed by atoms with van der Waals surface area (Å²) in [6, 6.07) is 16.0. The van der Waals surface area contributed by atoms with Crippen LogP contribution in [0.1, 0.15) is 22.3 Å². The molecular weight excluding hydrogens is 288 g/mol. The molecule has 0 amide bonds. The second kappa shape index (κ2) is 6.57. The van der Waals surface area contributed by atoms with E-state index in [0.29, 0.717) is 11.3 Å². The smallest absolute Gasteiger partial charge is 0.340 e. The standard InChI is InChI=1S/C19H20N2O2/c1-23-19(22)17-13-21(18-10-9-15(20)12-16(17)18)11-5-8-14-6-3-2-4-7-14/h2-4,6-7,9-10,12-13H,5,8,11,20H2,1H3. The van der Waals surface area contributed by atoms with Gasteiger partial charge in [0.1, 0.15) is 0 Å². The minimum absolute atomic E-state index is 0.331. The number of hydrogen-bond acceptors (Lipinski definition) is 3. The number of hydrogen-bond donors (Lipinski definition) is 1. The first-order chi connectivity index (χ1) is 11.2. The Balaban J connectivity index is 1.84. The predicted octanol–water partition coefficient (Wildman–Crippen LogP) is 3.64. The molecule has 0 saturated carbocycles. The molecule has 4 heteroatoms. The van der Waals surface area contributed by atoms with Gasteiger partial charge in [0.05, 0.1) is 12.7 Å². The number of methoxy groups -OCH3 is 1. The van der Waals surface area contributed by atoms with E-state index in [1.807, 2.05) is 30.5 Å². The Bertz CT molecular complexity index is 822. The fourth-order valence-corrected chi connectivity index (χ4v) is 2.87. The number of aromatic nitrogens is 1. The SMILES string of the molecule is COC(=O)c1cn(CCCc2ccccc2)c2ccc(N)cc12. The molecule has 0 spiro atoms. The summed E-state index contributed by atoms with van der Waals surface area (Å²) in [5.74, 6) is -0.331. The lowest BCUT2D eigenvalue weighted by Gasteiger charge is -2.06. The first-order valence-electron chi connectivity index (χ1n) is 7.69. The van der Waals surface area contributed by atoms with Crippen molar-refractivity contribution in [2.24, 2.45) is 0 Å². The Morgan fingerprint density at radius 2 is 1.96 bits per heavy atom. The Hall–Kier alpha value is -2.75. The minimum atomic E-state index is -0.331. The lowest BCUT2D eigenvalue weighted by atomic mass is 10.1. The fourth-order valence-electron chi connectivity index (χ4n) is 2.87. The number of nitrogen functional groups attached to an aromatic ring is 1. The number of nitrogens with two attached hydrogens (primary N) is 1. The Labute approximate surface area is 135 Å². The second-order valence-electron chi connectivity index (χ2n) is 5.59. The van der Waals surface area contributed by atoms with Gasteiger partial charge in [-0.2, -0.15) is 0 Å². The normalized spacial score (nSPS) is 10.8. The molecule has 0 atom stereocenters. The van der Waals surface area contributed by atoms with Crippen LogP contribution >= 0.6 is 0 Å². The molecular formula is C19H20N2O2. The minimum Gasteiger partial charge on any atom is -0.465 e. The highest BCUT2D eigenvalue weighted by Gasteiger charge is 2.15. The molecule has 2 N–H and O–H groups in total. The maximum Gasteiger partial charge on any atom is 0.340 e. The van der Waals surface area contributed by atoms with Crippen molar-refractivity contribution in [2.45, 2.75) is 19.4 Å². The van der Waals surface area contributed by atoms with Gasteiger partial charge in [-0.15, -0.1) is 0 Å². The maximum atomic E-state index is 12.0. The molecule has 118 valence electrons. The van der Waals surface area contributed by atoms with Crippen LogP contribution in [-0.2, 0) is 17.7 Å². The average Bonchev–Trinajstić information content (AvgIpc) is 2.93. The summed E-state index contributed by atoms with van der Waals surface area (Å²) in [4.78, 5) is 12.0. The number of rotatable bonds is 5. The monoisotopic (exact) mass is 308 g/mol. The van der Waals surface area contributed by atoms with Crippen molar-refractivity contribution in [2.75, 3.05) is 12.8 Å². The van der Waals surface area contributed by atoms with Crippen LogP contribution in [0.4, 0.5) is 5.69 Å². The van der Waals surface area contributed by atoms with Crippen LogP contribution in [0.25, 0.3) is 10.9 Å². The fraction of sp³-hybridized carbons (Fsp3) is 0.211. The van der Waals surface area contributed by atoms with Crippen molar-refractivity contribution in [1.82, 2.24) is 4.57 Å². The van der Waals surface area contributed by atoms with E-state index in [4.69, 9.17) is 10.5 Å². The van der Waals surface area contributed by atoms with E-state index in [0.717, 1.165) is 30.3 Å². The molecule has 0 radical (unpaired) electrons. The van der Waals surface area contributed by atoms with Gasteiger partial charge >= 0.3 is 5.97 Å². The van der Waals surface area contributed by atoms with Gasteiger partial charge in [0.15, 0.2) is 0 Å². The van der Waals surface area contributed by atoms with Crippen LogP contribution < -0.4 is 5.73 Å². The van der Waals surface area contributed by atoms with Gasteiger partial charge in [-0.3, -0.25) is 0 Å². The third-order valence-corrected chi connectivity index (χ3v) is 4.02. The van der Waals surface area contributed by atoms with Gasteiger partial charge in [-0.1, -0.05) is 30.3 Å². The molecule has 0 unspecified atom stereocenters. The molecule has 2 aromatic carbocycles. The van der Waals surface area contributed by atoms with Crippen molar-refractivity contribution < 1.29 is 9.53 Å². The number of ether oxygens (including phenoxy) is 1. The quantitative estimate of drug-likeness (QED) is 0.578. The van der Waals surface area contributed by atoms with E-state index in [9.17, 15) is 4.79 Å². The summed E-state index contributed by atoms with van der Waals surface area (Å²) < 4.78 is 6.98. The number of fused-ring (bicyclic) bond motifs is 1. The summed E-state index contributed by atoms with van der Waals surface area (Å²) in [6.07, 6.45) is 3.86.